The lowest BCUT2D eigenvalue weighted by Crippen LogP contribution is -2.05. The average Bonchev–Trinajstić information content (AvgIpc) is 2.50. The highest BCUT2D eigenvalue weighted by Crippen LogP contribution is 2.00. The Balaban J connectivity index is 2.51. The number of nitrogens with zero attached hydrogens (tertiary/aromatic N) is 2. The van der Waals surface area contributed by atoms with Gasteiger partial charge in [0.15, 0.2) is 0 Å². The van der Waals surface area contributed by atoms with Crippen molar-refractivity contribution < 1.29 is 4.74 Å². The van der Waals surface area contributed by atoms with Crippen molar-refractivity contribution in [2.45, 2.75) is 20.1 Å². The SMILES string of the molecule is CCOCc1nccn1CCCl. The third-order valence-electron chi connectivity index (χ3n) is 1.56. The first-order valence-electron chi connectivity index (χ1n) is 4.02. The molecule has 0 unspecified atom stereocenters. The van der Waals surface area contributed by atoms with Crippen LogP contribution in [0.2, 0.25) is 0 Å². The highest BCUT2D eigenvalue weighted by atomic mass is 35.5. The third-order valence-corrected chi connectivity index (χ3v) is 1.73. The fraction of sp³-hybridized carbons (Fsp3) is 0.625. The fourth-order valence-electron chi connectivity index (χ4n) is 0.968. The molecule has 4 heteroatoms. The van der Waals surface area contributed by atoms with E-state index in [9.17, 15) is 0 Å². The Hall–Kier alpha value is -0.540. The van der Waals surface area contributed by atoms with E-state index in [1.807, 2.05) is 17.7 Å². The molecule has 0 spiro atoms. The molecule has 0 saturated carbocycles. The Morgan fingerprint density at radius 3 is 3.17 bits per heavy atom. The molecule has 0 aromatic carbocycles. The van der Waals surface area contributed by atoms with Crippen LogP contribution in [0.15, 0.2) is 12.4 Å². The molecule has 3 nitrogen and oxygen atoms in total. The number of halogens is 1. The quantitative estimate of drug-likeness (QED) is 0.658. The van der Waals surface area contributed by atoms with E-state index in [1.165, 1.54) is 0 Å². The molecule has 0 aliphatic heterocycles. The van der Waals surface area contributed by atoms with Gasteiger partial charge in [0.1, 0.15) is 12.4 Å². The van der Waals surface area contributed by atoms with Crippen LogP contribution in [-0.4, -0.2) is 22.0 Å². The normalized spacial score (nSPS) is 10.5. The van der Waals surface area contributed by atoms with Gasteiger partial charge in [-0.25, -0.2) is 4.98 Å². The number of aromatic nitrogens is 2. The zero-order valence-corrected chi connectivity index (χ0v) is 7.92. The molecular formula is C8H13ClN2O. The summed E-state index contributed by atoms with van der Waals surface area (Å²) in [7, 11) is 0. The van der Waals surface area contributed by atoms with Crippen molar-refractivity contribution in [2.75, 3.05) is 12.5 Å². The first-order valence-corrected chi connectivity index (χ1v) is 4.55. The molecule has 12 heavy (non-hydrogen) atoms. The lowest BCUT2D eigenvalue weighted by molar-refractivity contribution is 0.126. The minimum atomic E-state index is 0.570. The molecule has 0 atom stereocenters. The Labute approximate surface area is 77.3 Å². The molecule has 0 aliphatic carbocycles. The van der Waals surface area contributed by atoms with Crippen molar-refractivity contribution >= 4 is 11.6 Å². The predicted molar refractivity (Wildman–Crippen MR) is 48.3 cm³/mol. The first-order chi connectivity index (χ1) is 5.88. The second-order valence-electron chi connectivity index (χ2n) is 2.36. The van der Waals surface area contributed by atoms with Crippen LogP contribution in [0.5, 0.6) is 0 Å². The van der Waals surface area contributed by atoms with Gasteiger partial charge < -0.3 is 9.30 Å². The first kappa shape index (κ1) is 9.55. The van der Waals surface area contributed by atoms with E-state index in [1.54, 1.807) is 6.20 Å². The van der Waals surface area contributed by atoms with Crippen molar-refractivity contribution in [3.8, 4) is 0 Å². The van der Waals surface area contributed by atoms with Crippen molar-refractivity contribution in [3.05, 3.63) is 18.2 Å². The Morgan fingerprint density at radius 1 is 1.67 bits per heavy atom. The molecule has 0 N–H and O–H groups in total. The molecule has 1 rings (SSSR count). The van der Waals surface area contributed by atoms with Crippen LogP contribution in [0.4, 0.5) is 0 Å². The van der Waals surface area contributed by atoms with Crippen LogP contribution in [-0.2, 0) is 17.9 Å². The Morgan fingerprint density at radius 2 is 2.50 bits per heavy atom. The number of alkyl halides is 1. The predicted octanol–water partition coefficient (Wildman–Crippen LogP) is 1.66. The summed E-state index contributed by atoms with van der Waals surface area (Å²) < 4.78 is 7.24. The van der Waals surface area contributed by atoms with E-state index in [0.717, 1.165) is 12.4 Å². The third kappa shape index (κ3) is 2.50. The summed E-state index contributed by atoms with van der Waals surface area (Å²) in [5.41, 5.74) is 0. The number of imidazole rings is 1. The number of hydrogen-bond donors (Lipinski definition) is 0. The highest BCUT2D eigenvalue weighted by Gasteiger charge is 2.00. The maximum atomic E-state index is 5.61. The number of hydrogen-bond acceptors (Lipinski definition) is 2. The summed E-state index contributed by atoms with van der Waals surface area (Å²) in [5.74, 6) is 1.55. The van der Waals surface area contributed by atoms with E-state index < -0.39 is 0 Å². The molecule has 68 valence electrons. The summed E-state index contributed by atoms with van der Waals surface area (Å²) in [6.45, 7) is 4.05. The second kappa shape index (κ2) is 5.17. The van der Waals surface area contributed by atoms with E-state index in [-0.39, 0.29) is 0 Å². The molecule has 0 aliphatic rings. The zero-order chi connectivity index (χ0) is 8.81. The lowest BCUT2D eigenvalue weighted by atomic mass is 10.6. The minimum Gasteiger partial charge on any atom is -0.374 e. The summed E-state index contributed by atoms with van der Waals surface area (Å²) in [6, 6.07) is 0. The number of rotatable bonds is 5. The molecule has 0 bridgehead atoms. The monoisotopic (exact) mass is 188 g/mol. The van der Waals surface area contributed by atoms with Gasteiger partial charge in [0.05, 0.1) is 0 Å². The van der Waals surface area contributed by atoms with Crippen molar-refractivity contribution in [1.82, 2.24) is 9.55 Å². The molecular weight excluding hydrogens is 176 g/mol. The van der Waals surface area contributed by atoms with E-state index in [0.29, 0.717) is 19.1 Å². The van der Waals surface area contributed by atoms with Crippen LogP contribution < -0.4 is 0 Å². The lowest BCUT2D eigenvalue weighted by Gasteiger charge is -2.04. The smallest absolute Gasteiger partial charge is 0.134 e. The van der Waals surface area contributed by atoms with Gasteiger partial charge in [0.2, 0.25) is 0 Å². The molecule has 0 radical (unpaired) electrons. The molecule has 0 saturated heterocycles. The second-order valence-corrected chi connectivity index (χ2v) is 2.74. The minimum absolute atomic E-state index is 0.570. The summed E-state index contributed by atoms with van der Waals surface area (Å²) >= 11 is 5.61. The van der Waals surface area contributed by atoms with E-state index in [2.05, 4.69) is 4.98 Å². The number of aryl methyl sites for hydroxylation is 1. The van der Waals surface area contributed by atoms with E-state index >= 15 is 0 Å². The Kier molecular flexibility index (Phi) is 4.11. The van der Waals surface area contributed by atoms with Gasteiger partial charge in [-0.05, 0) is 6.92 Å². The van der Waals surface area contributed by atoms with Gasteiger partial charge in [0.25, 0.3) is 0 Å². The molecule has 1 aromatic heterocycles. The van der Waals surface area contributed by atoms with Crippen molar-refractivity contribution in [3.63, 3.8) is 0 Å². The van der Waals surface area contributed by atoms with Gasteiger partial charge in [0, 0.05) is 31.4 Å². The van der Waals surface area contributed by atoms with Crippen molar-refractivity contribution in [1.29, 1.82) is 0 Å². The van der Waals surface area contributed by atoms with Crippen LogP contribution >= 0.6 is 11.6 Å². The standard InChI is InChI=1S/C8H13ClN2O/c1-2-12-7-8-10-4-6-11(8)5-3-9/h4,6H,2-3,5,7H2,1H3. The maximum Gasteiger partial charge on any atom is 0.134 e. The Bertz CT molecular complexity index is 225. The average molecular weight is 189 g/mol. The molecule has 0 amide bonds. The van der Waals surface area contributed by atoms with E-state index in [4.69, 9.17) is 16.3 Å². The topological polar surface area (TPSA) is 27.1 Å². The van der Waals surface area contributed by atoms with Crippen LogP contribution in [0.3, 0.4) is 0 Å². The molecule has 1 heterocycles. The highest BCUT2D eigenvalue weighted by molar-refractivity contribution is 6.17. The van der Waals surface area contributed by atoms with Gasteiger partial charge in [-0.3, -0.25) is 0 Å². The zero-order valence-electron chi connectivity index (χ0n) is 7.16. The van der Waals surface area contributed by atoms with Gasteiger partial charge >= 0.3 is 0 Å². The van der Waals surface area contributed by atoms with Crippen molar-refractivity contribution in [2.24, 2.45) is 0 Å². The summed E-state index contributed by atoms with van der Waals surface area (Å²) in [5, 5.41) is 0. The summed E-state index contributed by atoms with van der Waals surface area (Å²) in [4.78, 5) is 4.15. The fourth-order valence-corrected chi connectivity index (χ4v) is 1.15. The number of ether oxygens (including phenoxy) is 1. The van der Waals surface area contributed by atoms with Gasteiger partial charge in [-0.2, -0.15) is 0 Å². The van der Waals surface area contributed by atoms with Gasteiger partial charge in [-0.15, -0.1) is 11.6 Å². The summed E-state index contributed by atoms with van der Waals surface area (Å²) in [6.07, 6.45) is 3.68. The molecule has 1 aromatic rings. The van der Waals surface area contributed by atoms with Gasteiger partial charge in [-0.1, -0.05) is 0 Å². The maximum absolute atomic E-state index is 5.61. The van der Waals surface area contributed by atoms with Crippen LogP contribution in [0.25, 0.3) is 0 Å². The van der Waals surface area contributed by atoms with Crippen LogP contribution in [0, 0.1) is 0 Å². The van der Waals surface area contributed by atoms with Crippen LogP contribution in [0.1, 0.15) is 12.7 Å². The molecule has 0 fully saturated rings. The largest absolute Gasteiger partial charge is 0.374 e.